The Bertz CT molecular complexity index is 189. The lowest BCUT2D eigenvalue weighted by atomic mass is 9.92. The fourth-order valence-electron chi connectivity index (χ4n) is 2.16. The highest BCUT2D eigenvalue weighted by atomic mass is 16.5. The number of ether oxygens (including phenoxy) is 1. The van der Waals surface area contributed by atoms with Gasteiger partial charge in [0.05, 0.1) is 12.0 Å². The Hall–Kier alpha value is -0.530. The molecule has 2 heteroatoms. The Labute approximate surface area is 93.4 Å². The second-order valence-electron chi connectivity index (χ2n) is 4.72. The Kier molecular flexibility index (Phi) is 5.74. The molecule has 2 nitrogen and oxygen atoms in total. The Balaban J connectivity index is 2.08. The molecule has 88 valence electrons. The fraction of sp³-hybridized carbons (Fsp3) is 0.923. The quantitative estimate of drug-likeness (QED) is 0.496. The average molecular weight is 212 g/mol. The van der Waals surface area contributed by atoms with E-state index in [0.29, 0.717) is 0 Å². The van der Waals surface area contributed by atoms with Gasteiger partial charge in [-0.1, -0.05) is 39.0 Å². The summed E-state index contributed by atoms with van der Waals surface area (Å²) in [6, 6.07) is 0. The largest absolute Gasteiger partial charge is 0.462 e. The van der Waals surface area contributed by atoms with Crippen LogP contribution in [-0.2, 0) is 9.53 Å². The van der Waals surface area contributed by atoms with Gasteiger partial charge in [0.25, 0.3) is 0 Å². The Morgan fingerprint density at radius 3 is 2.60 bits per heavy atom. The summed E-state index contributed by atoms with van der Waals surface area (Å²) in [7, 11) is 0. The molecule has 0 aliphatic carbocycles. The highest BCUT2D eigenvalue weighted by Crippen LogP contribution is 2.24. The Morgan fingerprint density at radius 1 is 1.20 bits per heavy atom. The summed E-state index contributed by atoms with van der Waals surface area (Å²) in [6.07, 6.45) is 9.65. The third-order valence-electron chi connectivity index (χ3n) is 3.23. The van der Waals surface area contributed by atoms with Crippen LogP contribution in [0.5, 0.6) is 0 Å². The van der Waals surface area contributed by atoms with Crippen LogP contribution < -0.4 is 0 Å². The average Bonchev–Trinajstić information content (AvgIpc) is 2.20. The molecule has 0 aromatic heterocycles. The summed E-state index contributed by atoms with van der Waals surface area (Å²) < 4.78 is 5.24. The molecule has 15 heavy (non-hydrogen) atoms. The maximum atomic E-state index is 11.5. The van der Waals surface area contributed by atoms with E-state index >= 15 is 0 Å². The lowest BCUT2D eigenvalue weighted by molar-refractivity contribution is -0.159. The topological polar surface area (TPSA) is 26.3 Å². The van der Waals surface area contributed by atoms with E-state index in [4.69, 9.17) is 4.74 Å². The minimum absolute atomic E-state index is 0.0456. The Morgan fingerprint density at radius 2 is 1.93 bits per heavy atom. The molecular weight excluding hydrogens is 188 g/mol. The van der Waals surface area contributed by atoms with E-state index in [1.54, 1.807) is 0 Å². The van der Waals surface area contributed by atoms with Crippen LogP contribution in [0.25, 0.3) is 0 Å². The van der Waals surface area contributed by atoms with Crippen LogP contribution in [0.3, 0.4) is 0 Å². The molecule has 0 aromatic carbocycles. The summed E-state index contributed by atoms with van der Waals surface area (Å²) in [5.41, 5.74) is 0. The van der Waals surface area contributed by atoms with Crippen LogP contribution in [-0.4, -0.2) is 12.1 Å². The molecule has 1 unspecified atom stereocenters. The molecular formula is C13H24O2. The first kappa shape index (κ1) is 12.5. The van der Waals surface area contributed by atoms with Gasteiger partial charge in [-0.25, -0.2) is 0 Å². The minimum Gasteiger partial charge on any atom is -0.462 e. The molecule has 0 spiro atoms. The number of esters is 1. The monoisotopic (exact) mass is 212 g/mol. The number of carbonyl (C=O) groups excluding carboxylic acids is 1. The van der Waals surface area contributed by atoms with Crippen molar-refractivity contribution in [2.75, 3.05) is 0 Å². The molecule has 0 radical (unpaired) electrons. The SMILES string of the molecule is CCCCCCC[C@@H]1CCC(C)OC1=O. The number of cyclic esters (lactones) is 1. The predicted molar refractivity (Wildman–Crippen MR) is 61.7 cm³/mol. The zero-order valence-corrected chi connectivity index (χ0v) is 10.1. The molecule has 0 amide bonds. The highest BCUT2D eigenvalue weighted by Gasteiger charge is 2.26. The van der Waals surface area contributed by atoms with Gasteiger partial charge in [0, 0.05) is 0 Å². The van der Waals surface area contributed by atoms with E-state index in [0.717, 1.165) is 19.3 Å². The van der Waals surface area contributed by atoms with E-state index in [-0.39, 0.29) is 18.0 Å². The normalized spacial score (nSPS) is 26.4. The van der Waals surface area contributed by atoms with Crippen LogP contribution in [0, 0.1) is 5.92 Å². The van der Waals surface area contributed by atoms with Gasteiger partial charge in [-0.2, -0.15) is 0 Å². The molecule has 1 rings (SSSR count). The first-order valence-electron chi connectivity index (χ1n) is 6.44. The van der Waals surface area contributed by atoms with Crippen molar-refractivity contribution in [3.63, 3.8) is 0 Å². The predicted octanol–water partition coefficient (Wildman–Crippen LogP) is 3.69. The van der Waals surface area contributed by atoms with Crippen LogP contribution in [0.2, 0.25) is 0 Å². The zero-order chi connectivity index (χ0) is 11.1. The molecule has 2 atom stereocenters. The maximum Gasteiger partial charge on any atom is 0.309 e. The molecule has 0 N–H and O–H groups in total. The molecule has 0 saturated carbocycles. The number of hydrogen-bond acceptors (Lipinski definition) is 2. The summed E-state index contributed by atoms with van der Waals surface area (Å²) in [6.45, 7) is 4.20. The summed E-state index contributed by atoms with van der Waals surface area (Å²) in [5, 5.41) is 0. The van der Waals surface area contributed by atoms with Gasteiger partial charge in [-0.05, 0) is 26.2 Å². The van der Waals surface area contributed by atoms with Crippen LogP contribution in [0.4, 0.5) is 0 Å². The van der Waals surface area contributed by atoms with Gasteiger partial charge >= 0.3 is 5.97 Å². The van der Waals surface area contributed by atoms with E-state index < -0.39 is 0 Å². The molecule has 1 aliphatic heterocycles. The highest BCUT2D eigenvalue weighted by molar-refractivity contribution is 5.73. The first-order chi connectivity index (χ1) is 7.24. The van der Waals surface area contributed by atoms with Crippen molar-refractivity contribution >= 4 is 5.97 Å². The van der Waals surface area contributed by atoms with Gasteiger partial charge in [-0.15, -0.1) is 0 Å². The maximum absolute atomic E-state index is 11.5. The third kappa shape index (κ3) is 4.67. The van der Waals surface area contributed by atoms with Gasteiger partial charge in [0.15, 0.2) is 0 Å². The van der Waals surface area contributed by atoms with Gasteiger partial charge in [-0.3, -0.25) is 4.79 Å². The molecule has 0 bridgehead atoms. The van der Waals surface area contributed by atoms with Crippen LogP contribution in [0.1, 0.15) is 65.2 Å². The third-order valence-corrected chi connectivity index (χ3v) is 3.23. The van der Waals surface area contributed by atoms with Gasteiger partial charge in [0.2, 0.25) is 0 Å². The van der Waals surface area contributed by atoms with Crippen molar-refractivity contribution in [3.05, 3.63) is 0 Å². The molecule has 1 fully saturated rings. The van der Waals surface area contributed by atoms with E-state index in [9.17, 15) is 4.79 Å². The van der Waals surface area contributed by atoms with Gasteiger partial charge < -0.3 is 4.74 Å². The lowest BCUT2D eigenvalue weighted by Gasteiger charge is -2.25. The molecule has 1 heterocycles. The van der Waals surface area contributed by atoms with Crippen molar-refractivity contribution in [1.29, 1.82) is 0 Å². The van der Waals surface area contributed by atoms with Crippen molar-refractivity contribution in [2.45, 2.75) is 71.3 Å². The van der Waals surface area contributed by atoms with Crippen LogP contribution >= 0.6 is 0 Å². The summed E-state index contributed by atoms with van der Waals surface area (Å²) in [4.78, 5) is 11.5. The molecule has 1 saturated heterocycles. The van der Waals surface area contributed by atoms with Crippen molar-refractivity contribution in [2.24, 2.45) is 5.92 Å². The second-order valence-corrected chi connectivity index (χ2v) is 4.72. The summed E-state index contributed by atoms with van der Waals surface area (Å²) in [5.74, 6) is 0.243. The van der Waals surface area contributed by atoms with Crippen molar-refractivity contribution < 1.29 is 9.53 Å². The molecule has 1 aliphatic rings. The van der Waals surface area contributed by atoms with Crippen molar-refractivity contribution in [1.82, 2.24) is 0 Å². The second kappa shape index (κ2) is 6.86. The lowest BCUT2D eigenvalue weighted by Crippen LogP contribution is -2.29. The standard InChI is InChI=1S/C13H24O2/c1-3-4-5-6-7-8-12-10-9-11(2)15-13(12)14/h11-12H,3-10H2,1-2H3/t11?,12-/m1/s1. The van der Waals surface area contributed by atoms with Crippen LogP contribution in [0.15, 0.2) is 0 Å². The van der Waals surface area contributed by atoms with E-state index in [1.807, 2.05) is 6.92 Å². The number of carbonyl (C=O) groups is 1. The number of hydrogen-bond donors (Lipinski definition) is 0. The number of rotatable bonds is 6. The van der Waals surface area contributed by atoms with E-state index in [2.05, 4.69) is 6.92 Å². The minimum atomic E-state index is 0.0456. The van der Waals surface area contributed by atoms with Gasteiger partial charge in [0.1, 0.15) is 0 Å². The van der Waals surface area contributed by atoms with Crippen molar-refractivity contribution in [3.8, 4) is 0 Å². The summed E-state index contributed by atoms with van der Waals surface area (Å²) >= 11 is 0. The fourth-order valence-corrected chi connectivity index (χ4v) is 2.16. The number of unbranched alkanes of at least 4 members (excludes halogenated alkanes) is 4. The molecule has 0 aromatic rings. The smallest absolute Gasteiger partial charge is 0.309 e. The first-order valence-corrected chi connectivity index (χ1v) is 6.44. The zero-order valence-electron chi connectivity index (χ0n) is 10.1. The van der Waals surface area contributed by atoms with E-state index in [1.165, 1.54) is 32.1 Å².